The minimum Gasteiger partial charge on any atom is -0.505 e. The first-order valence-electron chi connectivity index (χ1n) is 4.79. The molecular weight excluding hydrogens is 468 g/mol. The van der Waals surface area contributed by atoms with Crippen LogP contribution in [0.3, 0.4) is 0 Å². The Kier molecular flexibility index (Phi) is 4.25. The molecule has 1 N–H and O–H groups in total. The maximum atomic E-state index is 13.5. The molecule has 0 unspecified atom stereocenters. The summed E-state index contributed by atoms with van der Waals surface area (Å²) in [5.74, 6) is -1.06. The number of phenolic OH excluding ortho intramolecular Hbond substituents is 1. The maximum Gasteiger partial charge on any atom is 0.181 e. The van der Waals surface area contributed by atoms with Crippen LogP contribution in [-0.4, -0.2) is 5.11 Å². The van der Waals surface area contributed by atoms with Gasteiger partial charge in [0.25, 0.3) is 0 Å². The van der Waals surface area contributed by atoms with Crippen LogP contribution in [0.5, 0.6) is 17.2 Å². The van der Waals surface area contributed by atoms with E-state index in [1.54, 1.807) is 28.7 Å². The first-order chi connectivity index (χ1) is 8.50. The van der Waals surface area contributed by atoms with Gasteiger partial charge in [-0.15, -0.1) is 0 Å². The molecule has 2 aromatic carbocycles. The summed E-state index contributed by atoms with van der Waals surface area (Å²) in [4.78, 5) is 0. The van der Waals surface area contributed by atoms with Gasteiger partial charge in [-0.3, -0.25) is 0 Å². The number of ether oxygens (including phenoxy) is 1. The zero-order valence-electron chi connectivity index (χ0n) is 8.75. The van der Waals surface area contributed by atoms with E-state index in [1.807, 2.05) is 22.6 Å². The summed E-state index contributed by atoms with van der Waals surface area (Å²) >= 11 is 3.53. The highest BCUT2D eigenvalue weighted by atomic mass is 127. The molecule has 0 aliphatic rings. The number of hydrogen-bond acceptors (Lipinski definition) is 2. The van der Waals surface area contributed by atoms with E-state index in [0.717, 1.165) is 0 Å². The average Bonchev–Trinajstić information content (AvgIpc) is 2.35. The second-order valence-electron chi connectivity index (χ2n) is 3.36. The van der Waals surface area contributed by atoms with Crippen molar-refractivity contribution >= 4 is 45.2 Å². The summed E-state index contributed by atoms with van der Waals surface area (Å²) in [6.07, 6.45) is 0. The fourth-order valence-corrected chi connectivity index (χ4v) is 2.32. The monoisotopic (exact) mass is 474 g/mol. The zero-order valence-corrected chi connectivity index (χ0v) is 13.1. The minimum absolute atomic E-state index is 0.146. The number of benzene rings is 2. The lowest BCUT2D eigenvalue weighted by Gasteiger charge is -2.10. The smallest absolute Gasteiger partial charge is 0.181 e. The molecule has 94 valence electrons. The van der Waals surface area contributed by atoms with Crippen molar-refractivity contribution in [3.05, 3.63) is 49.1 Å². The van der Waals surface area contributed by atoms with E-state index in [2.05, 4.69) is 0 Å². The highest BCUT2D eigenvalue weighted by Gasteiger charge is 2.14. The van der Waals surface area contributed by atoms with E-state index < -0.39 is 17.4 Å². The summed E-state index contributed by atoms with van der Waals surface area (Å²) in [7, 11) is 0. The third-order valence-electron chi connectivity index (χ3n) is 2.16. The Balaban J connectivity index is 2.41. The van der Waals surface area contributed by atoms with Crippen LogP contribution in [0.1, 0.15) is 0 Å². The molecule has 0 radical (unpaired) electrons. The number of aromatic hydroxyl groups is 1. The van der Waals surface area contributed by atoms with E-state index in [-0.39, 0.29) is 9.32 Å². The fraction of sp³-hybridized carbons (Fsp3) is 0. The highest BCUT2D eigenvalue weighted by molar-refractivity contribution is 14.1. The largest absolute Gasteiger partial charge is 0.505 e. The van der Waals surface area contributed by atoms with Gasteiger partial charge in [-0.25, -0.2) is 8.78 Å². The molecule has 0 saturated carbocycles. The van der Waals surface area contributed by atoms with E-state index >= 15 is 0 Å². The Bertz CT molecular complexity index is 603. The normalized spacial score (nSPS) is 10.4. The van der Waals surface area contributed by atoms with Gasteiger partial charge in [0.05, 0.1) is 7.14 Å². The van der Waals surface area contributed by atoms with Gasteiger partial charge in [0.15, 0.2) is 11.6 Å². The summed E-state index contributed by atoms with van der Waals surface area (Å²) in [6, 6.07) is 7.04. The lowest BCUT2D eigenvalue weighted by Crippen LogP contribution is -1.94. The Morgan fingerprint density at radius 2 is 1.61 bits per heavy atom. The fourth-order valence-electron chi connectivity index (χ4n) is 1.28. The lowest BCUT2D eigenvalue weighted by atomic mass is 10.3. The summed E-state index contributed by atoms with van der Waals surface area (Å²) in [5, 5.41) is 9.19. The number of hydrogen-bond donors (Lipinski definition) is 1. The van der Waals surface area contributed by atoms with Crippen molar-refractivity contribution in [1.29, 1.82) is 0 Å². The molecule has 0 bridgehead atoms. The molecule has 2 rings (SSSR count). The van der Waals surface area contributed by atoms with E-state index in [4.69, 9.17) is 4.74 Å². The maximum absolute atomic E-state index is 13.5. The van der Waals surface area contributed by atoms with Crippen molar-refractivity contribution in [2.24, 2.45) is 0 Å². The van der Waals surface area contributed by atoms with Crippen LogP contribution < -0.4 is 4.74 Å². The molecule has 0 aromatic heterocycles. The Hall–Kier alpha value is -0.640. The Morgan fingerprint density at radius 3 is 2.33 bits per heavy atom. The quantitative estimate of drug-likeness (QED) is 0.642. The van der Waals surface area contributed by atoms with Crippen LogP contribution in [0.25, 0.3) is 0 Å². The van der Waals surface area contributed by atoms with E-state index in [0.29, 0.717) is 9.32 Å². The molecule has 0 fully saturated rings. The summed E-state index contributed by atoms with van der Waals surface area (Å²) in [5.41, 5.74) is 0. The van der Waals surface area contributed by atoms with Crippen LogP contribution in [0.15, 0.2) is 30.3 Å². The topological polar surface area (TPSA) is 29.5 Å². The van der Waals surface area contributed by atoms with E-state index in [1.165, 1.54) is 24.3 Å². The first kappa shape index (κ1) is 13.8. The molecule has 0 amide bonds. The van der Waals surface area contributed by atoms with Gasteiger partial charge in [0, 0.05) is 0 Å². The minimum atomic E-state index is -0.750. The van der Waals surface area contributed by atoms with Crippen LogP contribution in [-0.2, 0) is 0 Å². The molecule has 6 heteroatoms. The molecule has 2 nitrogen and oxygen atoms in total. The van der Waals surface area contributed by atoms with Crippen molar-refractivity contribution < 1.29 is 18.6 Å². The summed E-state index contributed by atoms with van der Waals surface area (Å²) in [6.45, 7) is 0. The predicted octanol–water partition coefficient (Wildman–Crippen LogP) is 4.67. The van der Waals surface area contributed by atoms with Gasteiger partial charge >= 0.3 is 0 Å². The third kappa shape index (κ3) is 2.68. The Morgan fingerprint density at radius 1 is 0.944 bits per heavy atom. The van der Waals surface area contributed by atoms with Crippen molar-refractivity contribution in [1.82, 2.24) is 0 Å². The number of rotatable bonds is 2. The first-order valence-corrected chi connectivity index (χ1v) is 6.95. The van der Waals surface area contributed by atoms with E-state index in [9.17, 15) is 13.9 Å². The second-order valence-corrected chi connectivity index (χ2v) is 5.52. The van der Waals surface area contributed by atoms with Gasteiger partial charge in [0.2, 0.25) is 0 Å². The number of halogens is 4. The van der Waals surface area contributed by atoms with Crippen molar-refractivity contribution in [2.75, 3.05) is 0 Å². The zero-order chi connectivity index (χ0) is 13.3. The highest BCUT2D eigenvalue weighted by Crippen LogP contribution is 2.34. The molecule has 0 saturated heterocycles. The van der Waals surface area contributed by atoms with Gasteiger partial charge in [-0.05, 0) is 69.4 Å². The molecule has 0 spiro atoms. The molecule has 0 aliphatic heterocycles. The van der Waals surface area contributed by atoms with Crippen molar-refractivity contribution in [3.8, 4) is 17.2 Å². The number of phenols is 1. The Labute approximate surface area is 129 Å². The lowest BCUT2D eigenvalue weighted by molar-refractivity contribution is 0.418. The van der Waals surface area contributed by atoms with Gasteiger partial charge in [-0.2, -0.15) is 0 Å². The van der Waals surface area contributed by atoms with Crippen LogP contribution in [0, 0.1) is 18.8 Å². The third-order valence-corrected chi connectivity index (χ3v) is 4.21. The van der Waals surface area contributed by atoms with Crippen molar-refractivity contribution in [3.63, 3.8) is 0 Å². The second kappa shape index (κ2) is 5.55. The van der Waals surface area contributed by atoms with Crippen LogP contribution in [0.2, 0.25) is 0 Å². The molecule has 18 heavy (non-hydrogen) atoms. The van der Waals surface area contributed by atoms with Gasteiger partial charge in [-0.1, -0.05) is 6.07 Å². The molecule has 2 aromatic rings. The van der Waals surface area contributed by atoms with Gasteiger partial charge < -0.3 is 9.84 Å². The predicted molar refractivity (Wildman–Crippen MR) is 80.0 cm³/mol. The molecule has 0 aliphatic carbocycles. The molecule has 0 heterocycles. The van der Waals surface area contributed by atoms with Crippen LogP contribution in [0.4, 0.5) is 8.78 Å². The standard InChI is InChI=1S/C12H6F2I2O2/c13-6-2-1-3-8(11(6)15)18-9-5-4-7(17)10(14)12(9)16/h1-5,17H. The molecular formula is C12H6F2I2O2. The van der Waals surface area contributed by atoms with Crippen molar-refractivity contribution in [2.45, 2.75) is 0 Å². The average molecular weight is 474 g/mol. The van der Waals surface area contributed by atoms with Gasteiger partial charge in [0.1, 0.15) is 17.3 Å². The molecule has 0 atom stereocenters. The summed E-state index contributed by atoms with van der Waals surface area (Å²) < 4.78 is 32.7. The SMILES string of the molecule is Oc1ccc(Oc2cccc(F)c2I)c(I)c1F. The van der Waals surface area contributed by atoms with Crippen LogP contribution >= 0.6 is 45.2 Å².